The highest BCUT2D eigenvalue weighted by Gasteiger charge is 2.11. The zero-order valence-electron chi connectivity index (χ0n) is 10.9. The number of aliphatic carboxylic acids is 1. The SMILES string of the molecule is CCOc1ccccc1-c1nc(CC(=O)O)cc(=O)[nH]1. The first-order valence-corrected chi connectivity index (χ1v) is 6.14. The lowest BCUT2D eigenvalue weighted by Crippen LogP contribution is -2.13. The predicted molar refractivity (Wildman–Crippen MR) is 72.8 cm³/mol. The number of carbonyl (C=O) groups is 1. The molecular formula is C14H14N2O4. The molecule has 1 heterocycles. The van der Waals surface area contributed by atoms with Crippen LogP contribution in [0, 0.1) is 0 Å². The summed E-state index contributed by atoms with van der Waals surface area (Å²) in [5.41, 5.74) is 0.443. The molecule has 104 valence electrons. The Morgan fingerprint density at radius 2 is 2.15 bits per heavy atom. The molecule has 6 nitrogen and oxygen atoms in total. The number of hydrogen-bond donors (Lipinski definition) is 2. The second-order valence-corrected chi connectivity index (χ2v) is 4.09. The van der Waals surface area contributed by atoms with Gasteiger partial charge in [-0.3, -0.25) is 9.59 Å². The summed E-state index contributed by atoms with van der Waals surface area (Å²) in [5.74, 6) is -0.143. The van der Waals surface area contributed by atoms with E-state index in [4.69, 9.17) is 9.84 Å². The van der Waals surface area contributed by atoms with Gasteiger partial charge in [-0.25, -0.2) is 4.98 Å². The van der Waals surface area contributed by atoms with Crippen LogP contribution < -0.4 is 10.3 Å². The fraction of sp³-hybridized carbons (Fsp3) is 0.214. The summed E-state index contributed by atoms with van der Waals surface area (Å²) in [4.78, 5) is 29.1. The molecule has 0 amide bonds. The van der Waals surface area contributed by atoms with Crippen LogP contribution >= 0.6 is 0 Å². The van der Waals surface area contributed by atoms with Crippen LogP contribution in [0.15, 0.2) is 35.1 Å². The highest BCUT2D eigenvalue weighted by Crippen LogP contribution is 2.26. The van der Waals surface area contributed by atoms with Crippen molar-refractivity contribution < 1.29 is 14.6 Å². The highest BCUT2D eigenvalue weighted by molar-refractivity contribution is 5.70. The van der Waals surface area contributed by atoms with E-state index in [0.29, 0.717) is 23.7 Å². The van der Waals surface area contributed by atoms with Crippen LogP contribution in [0.5, 0.6) is 5.75 Å². The van der Waals surface area contributed by atoms with E-state index in [9.17, 15) is 9.59 Å². The van der Waals surface area contributed by atoms with Gasteiger partial charge in [-0.05, 0) is 19.1 Å². The van der Waals surface area contributed by atoms with Crippen molar-refractivity contribution in [3.05, 3.63) is 46.4 Å². The Balaban J connectivity index is 2.49. The number of rotatable bonds is 5. The number of nitrogens with zero attached hydrogens (tertiary/aromatic N) is 1. The number of ether oxygens (including phenoxy) is 1. The number of para-hydroxylation sites is 1. The lowest BCUT2D eigenvalue weighted by molar-refractivity contribution is -0.136. The third-order valence-electron chi connectivity index (χ3n) is 2.57. The molecule has 2 rings (SSSR count). The lowest BCUT2D eigenvalue weighted by Gasteiger charge is -2.09. The highest BCUT2D eigenvalue weighted by atomic mass is 16.5. The summed E-state index contributed by atoms with van der Waals surface area (Å²) in [5, 5.41) is 8.78. The molecule has 0 unspecified atom stereocenters. The largest absolute Gasteiger partial charge is 0.493 e. The third-order valence-corrected chi connectivity index (χ3v) is 2.57. The molecule has 1 aromatic carbocycles. The van der Waals surface area contributed by atoms with Crippen molar-refractivity contribution in [3.63, 3.8) is 0 Å². The van der Waals surface area contributed by atoms with Crippen LogP contribution in [0.2, 0.25) is 0 Å². The Bertz CT molecular complexity index is 679. The maximum Gasteiger partial charge on any atom is 0.309 e. The Hall–Kier alpha value is -2.63. The van der Waals surface area contributed by atoms with Crippen molar-refractivity contribution in [1.82, 2.24) is 9.97 Å². The van der Waals surface area contributed by atoms with Crippen LogP contribution in [0.4, 0.5) is 0 Å². The lowest BCUT2D eigenvalue weighted by atomic mass is 10.2. The van der Waals surface area contributed by atoms with Gasteiger partial charge in [-0.1, -0.05) is 12.1 Å². The number of carboxylic acid groups (broad SMARTS) is 1. The quantitative estimate of drug-likeness (QED) is 0.861. The zero-order valence-corrected chi connectivity index (χ0v) is 10.9. The molecule has 0 aliphatic carbocycles. The minimum absolute atomic E-state index is 0.211. The van der Waals surface area contributed by atoms with Crippen LogP contribution in [-0.4, -0.2) is 27.7 Å². The first kappa shape index (κ1) is 13.8. The number of H-pyrrole nitrogens is 1. The standard InChI is InChI=1S/C14H14N2O4/c1-2-20-11-6-4-3-5-10(11)14-15-9(8-13(18)19)7-12(17)16-14/h3-7H,2,8H2,1H3,(H,18,19)(H,15,16,17). The summed E-state index contributed by atoms with van der Waals surface area (Å²) in [6.07, 6.45) is -0.298. The van der Waals surface area contributed by atoms with Crippen molar-refractivity contribution in [2.45, 2.75) is 13.3 Å². The Morgan fingerprint density at radius 3 is 2.85 bits per heavy atom. The van der Waals surface area contributed by atoms with Crippen LogP contribution in [-0.2, 0) is 11.2 Å². The molecule has 0 spiro atoms. The van der Waals surface area contributed by atoms with Crippen LogP contribution in [0.3, 0.4) is 0 Å². The molecule has 0 saturated carbocycles. The van der Waals surface area contributed by atoms with Crippen molar-refractivity contribution >= 4 is 5.97 Å². The maximum absolute atomic E-state index is 11.6. The molecular weight excluding hydrogens is 260 g/mol. The van der Waals surface area contributed by atoms with Gasteiger partial charge in [0.15, 0.2) is 0 Å². The van der Waals surface area contributed by atoms with E-state index in [0.717, 1.165) is 0 Å². The summed E-state index contributed by atoms with van der Waals surface area (Å²) in [6, 6.07) is 8.31. The molecule has 0 saturated heterocycles. The Morgan fingerprint density at radius 1 is 1.40 bits per heavy atom. The summed E-state index contributed by atoms with van der Waals surface area (Å²) in [7, 11) is 0. The van der Waals surface area contributed by atoms with Gasteiger partial charge in [0.05, 0.1) is 24.3 Å². The van der Waals surface area contributed by atoms with E-state index in [2.05, 4.69) is 9.97 Å². The van der Waals surface area contributed by atoms with Crippen molar-refractivity contribution in [2.24, 2.45) is 0 Å². The zero-order chi connectivity index (χ0) is 14.5. The molecule has 0 fully saturated rings. The van der Waals surface area contributed by atoms with Crippen molar-refractivity contribution in [2.75, 3.05) is 6.61 Å². The Kier molecular flexibility index (Phi) is 4.14. The van der Waals surface area contributed by atoms with Crippen molar-refractivity contribution in [3.8, 4) is 17.1 Å². The molecule has 2 aromatic rings. The third kappa shape index (κ3) is 3.23. The molecule has 0 atom stereocenters. The van der Waals surface area contributed by atoms with E-state index in [1.165, 1.54) is 6.07 Å². The van der Waals surface area contributed by atoms with Gasteiger partial charge < -0.3 is 14.8 Å². The number of nitrogens with one attached hydrogen (secondary N) is 1. The van der Waals surface area contributed by atoms with E-state index in [1.807, 2.05) is 13.0 Å². The first-order valence-electron chi connectivity index (χ1n) is 6.14. The van der Waals surface area contributed by atoms with Crippen LogP contribution in [0.25, 0.3) is 11.4 Å². The summed E-state index contributed by atoms with van der Waals surface area (Å²) < 4.78 is 5.47. The second-order valence-electron chi connectivity index (χ2n) is 4.09. The van der Waals surface area contributed by atoms with Crippen molar-refractivity contribution in [1.29, 1.82) is 0 Å². The number of aromatic amines is 1. The van der Waals surface area contributed by atoms with Gasteiger partial charge in [0, 0.05) is 6.07 Å². The van der Waals surface area contributed by atoms with Crippen LogP contribution in [0.1, 0.15) is 12.6 Å². The second kappa shape index (κ2) is 6.01. The molecule has 0 aliphatic heterocycles. The maximum atomic E-state index is 11.6. The minimum Gasteiger partial charge on any atom is -0.493 e. The molecule has 0 bridgehead atoms. The number of benzene rings is 1. The van der Waals surface area contributed by atoms with E-state index < -0.39 is 11.5 Å². The first-order chi connectivity index (χ1) is 9.60. The van der Waals surface area contributed by atoms with Gasteiger partial charge in [-0.15, -0.1) is 0 Å². The molecule has 0 radical (unpaired) electrons. The minimum atomic E-state index is -1.04. The summed E-state index contributed by atoms with van der Waals surface area (Å²) in [6.45, 7) is 2.34. The fourth-order valence-electron chi connectivity index (χ4n) is 1.82. The molecule has 0 aliphatic rings. The van der Waals surface area contributed by atoms with Gasteiger partial charge in [0.1, 0.15) is 11.6 Å². The van der Waals surface area contributed by atoms with E-state index >= 15 is 0 Å². The number of hydrogen-bond acceptors (Lipinski definition) is 4. The topological polar surface area (TPSA) is 92.3 Å². The number of carboxylic acids is 1. The Labute approximate surface area is 115 Å². The van der Waals surface area contributed by atoms with E-state index in [1.54, 1.807) is 18.2 Å². The number of aromatic nitrogens is 2. The molecule has 6 heteroatoms. The molecule has 20 heavy (non-hydrogen) atoms. The van der Waals surface area contributed by atoms with Gasteiger partial charge in [0.25, 0.3) is 5.56 Å². The molecule has 2 N–H and O–H groups in total. The summed E-state index contributed by atoms with van der Waals surface area (Å²) >= 11 is 0. The van der Waals surface area contributed by atoms with Gasteiger partial charge >= 0.3 is 5.97 Å². The average molecular weight is 274 g/mol. The average Bonchev–Trinajstić information content (AvgIpc) is 2.38. The van der Waals surface area contributed by atoms with Gasteiger partial charge in [-0.2, -0.15) is 0 Å². The molecule has 1 aromatic heterocycles. The smallest absolute Gasteiger partial charge is 0.309 e. The predicted octanol–water partition coefficient (Wildman–Crippen LogP) is 1.46. The fourth-order valence-corrected chi connectivity index (χ4v) is 1.82. The van der Waals surface area contributed by atoms with Gasteiger partial charge in [0.2, 0.25) is 0 Å². The monoisotopic (exact) mass is 274 g/mol. The van der Waals surface area contributed by atoms with E-state index in [-0.39, 0.29) is 12.1 Å². The normalized spacial score (nSPS) is 10.2.